The first kappa shape index (κ1) is 16.9. The molecule has 134 valence electrons. The molecule has 0 bridgehead atoms. The Morgan fingerprint density at radius 2 is 2.19 bits per heavy atom. The molecule has 0 spiro atoms. The molecule has 0 atom stereocenters. The molecule has 0 saturated carbocycles. The van der Waals surface area contributed by atoms with Crippen molar-refractivity contribution in [3.63, 3.8) is 0 Å². The first-order chi connectivity index (χ1) is 12.8. The average Bonchev–Trinajstić information content (AvgIpc) is 3.39. The average molecular weight is 368 g/mol. The number of aryl methyl sites for hydroxylation is 2. The number of ether oxygens (including phenoxy) is 1. The monoisotopic (exact) mass is 368 g/mol. The first-order valence-electron chi connectivity index (χ1n) is 8.72. The lowest BCUT2D eigenvalue weighted by Crippen LogP contribution is -1.95. The van der Waals surface area contributed by atoms with Crippen LogP contribution in [0.5, 0.6) is 5.75 Å². The maximum Gasteiger partial charge on any atom is 0.211 e. The molecule has 1 aliphatic carbocycles. The number of rotatable bonds is 7. The molecule has 0 unspecified atom stereocenters. The SMILES string of the molecule is CCSc1nncn1N=Cc1ccc(COc2ccc3c(c2)CCC3)o1. The van der Waals surface area contributed by atoms with Crippen LogP contribution in [0.4, 0.5) is 0 Å². The van der Waals surface area contributed by atoms with E-state index >= 15 is 0 Å². The molecule has 1 aliphatic rings. The molecule has 3 aromatic rings. The topological polar surface area (TPSA) is 65.4 Å². The fraction of sp³-hybridized carbons (Fsp3) is 0.316. The van der Waals surface area contributed by atoms with Gasteiger partial charge in [-0.25, -0.2) is 0 Å². The van der Waals surface area contributed by atoms with Gasteiger partial charge in [0.25, 0.3) is 0 Å². The number of hydrogen-bond donors (Lipinski definition) is 0. The number of benzene rings is 1. The lowest BCUT2D eigenvalue weighted by Gasteiger charge is -2.06. The van der Waals surface area contributed by atoms with Crippen molar-refractivity contribution in [2.45, 2.75) is 37.9 Å². The van der Waals surface area contributed by atoms with E-state index in [1.54, 1.807) is 29.0 Å². The molecule has 0 amide bonds. The summed E-state index contributed by atoms with van der Waals surface area (Å²) in [5, 5.41) is 13.0. The summed E-state index contributed by atoms with van der Waals surface area (Å²) in [4.78, 5) is 0. The van der Waals surface area contributed by atoms with Crippen LogP contribution in [0.3, 0.4) is 0 Å². The Hall–Kier alpha value is -2.54. The van der Waals surface area contributed by atoms with E-state index in [9.17, 15) is 0 Å². The summed E-state index contributed by atoms with van der Waals surface area (Å²) in [6, 6.07) is 10.1. The summed E-state index contributed by atoms with van der Waals surface area (Å²) in [6.45, 7) is 2.46. The maximum atomic E-state index is 5.87. The molecule has 0 aliphatic heterocycles. The van der Waals surface area contributed by atoms with Crippen molar-refractivity contribution >= 4 is 18.0 Å². The Morgan fingerprint density at radius 3 is 3.12 bits per heavy atom. The minimum atomic E-state index is 0.399. The summed E-state index contributed by atoms with van der Waals surface area (Å²) in [7, 11) is 0. The number of thioether (sulfide) groups is 1. The molecule has 4 rings (SSSR count). The third-order valence-corrected chi connectivity index (χ3v) is 5.03. The summed E-state index contributed by atoms with van der Waals surface area (Å²) >= 11 is 1.59. The fourth-order valence-corrected chi connectivity index (χ4v) is 3.57. The van der Waals surface area contributed by atoms with Gasteiger partial charge >= 0.3 is 0 Å². The van der Waals surface area contributed by atoms with Gasteiger partial charge in [0.2, 0.25) is 5.16 Å². The molecule has 6 nitrogen and oxygen atoms in total. The molecule has 7 heteroatoms. The Bertz CT molecular complexity index is 916. The normalized spacial score (nSPS) is 13.4. The van der Waals surface area contributed by atoms with Gasteiger partial charge in [0, 0.05) is 0 Å². The zero-order valence-electron chi connectivity index (χ0n) is 14.6. The minimum Gasteiger partial charge on any atom is -0.486 e. The molecule has 2 aromatic heterocycles. The predicted octanol–water partition coefficient (Wildman–Crippen LogP) is 3.93. The lowest BCUT2D eigenvalue weighted by atomic mass is 10.1. The van der Waals surface area contributed by atoms with Crippen LogP contribution in [-0.4, -0.2) is 26.8 Å². The van der Waals surface area contributed by atoms with E-state index in [0.717, 1.165) is 28.8 Å². The second-order valence-corrected chi connectivity index (χ2v) is 7.24. The standard InChI is InChI=1S/C19H20N4O2S/c1-2-26-19-22-20-13-23(19)21-11-17-8-9-18(25-17)12-24-16-7-6-14-4-3-5-15(14)10-16/h6-11,13H,2-5,12H2,1H3. The zero-order valence-corrected chi connectivity index (χ0v) is 15.4. The molecule has 26 heavy (non-hydrogen) atoms. The van der Waals surface area contributed by atoms with E-state index in [4.69, 9.17) is 9.15 Å². The number of fused-ring (bicyclic) bond motifs is 1. The van der Waals surface area contributed by atoms with Gasteiger partial charge in [-0.05, 0) is 60.4 Å². The highest BCUT2D eigenvalue weighted by atomic mass is 32.2. The number of hydrogen-bond acceptors (Lipinski definition) is 6. The van der Waals surface area contributed by atoms with Crippen molar-refractivity contribution in [1.29, 1.82) is 0 Å². The Labute approximate surface area is 156 Å². The number of aromatic nitrogens is 3. The third kappa shape index (κ3) is 3.83. The Balaban J connectivity index is 1.37. The number of nitrogens with zero attached hydrogens (tertiary/aromatic N) is 4. The summed E-state index contributed by atoms with van der Waals surface area (Å²) in [6.07, 6.45) is 6.80. The third-order valence-electron chi connectivity index (χ3n) is 4.22. The van der Waals surface area contributed by atoms with E-state index in [2.05, 4.69) is 34.4 Å². The van der Waals surface area contributed by atoms with Gasteiger partial charge < -0.3 is 9.15 Å². The summed E-state index contributed by atoms with van der Waals surface area (Å²) in [5.74, 6) is 3.24. The summed E-state index contributed by atoms with van der Waals surface area (Å²) in [5.41, 5.74) is 2.85. The molecule has 0 fully saturated rings. The van der Waals surface area contributed by atoms with Gasteiger partial charge in [0.1, 0.15) is 30.2 Å². The van der Waals surface area contributed by atoms with Crippen LogP contribution in [0.2, 0.25) is 0 Å². The van der Waals surface area contributed by atoms with Gasteiger partial charge in [-0.1, -0.05) is 24.8 Å². The quantitative estimate of drug-likeness (QED) is 0.467. The van der Waals surface area contributed by atoms with Crippen LogP contribution in [-0.2, 0) is 19.4 Å². The molecular formula is C19H20N4O2S. The van der Waals surface area contributed by atoms with Crippen LogP contribution in [0.15, 0.2) is 51.3 Å². The second kappa shape index (κ2) is 7.78. The molecule has 1 aromatic carbocycles. The molecular weight excluding hydrogens is 348 g/mol. The first-order valence-corrected chi connectivity index (χ1v) is 9.71. The predicted molar refractivity (Wildman–Crippen MR) is 101 cm³/mol. The van der Waals surface area contributed by atoms with Crippen LogP contribution < -0.4 is 4.74 Å². The van der Waals surface area contributed by atoms with Crippen molar-refractivity contribution in [2.24, 2.45) is 5.10 Å². The van der Waals surface area contributed by atoms with Gasteiger partial charge in [0.05, 0.1) is 6.21 Å². The highest BCUT2D eigenvalue weighted by molar-refractivity contribution is 7.99. The summed E-state index contributed by atoms with van der Waals surface area (Å²) < 4.78 is 13.3. The van der Waals surface area contributed by atoms with Crippen molar-refractivity contribution in [1.82, 2.24) is 14.9 Å². The molecule has 0 radical (unpaired) electrons. The largest absolute Gasteiger partial charge is 0.486 e. The zero-order chi connectivity index (χ0) is 17.8. The number of furan rings is 1. The van der Waals surface area contributed by atoms with Crippen LogP contribution in [0.1, 0.15) is 36.0 Å². The van der Waals surface area contributed by atoms with Crippen molar-refractivity contribution < 1.29 is 9.15 Å². The Morgan fingerprint density at radius 1 is 1.27 bits per heavy atom. The van der Waals surface area contributed by atoms with E-state index in [1.807, 2.05) is 18.2 Å². The fourth-order valence-electron chi connectivity index (χ4n) is 2.98. The van der Waals surface area contributed by atoms with Gasteiger partial charge in [-0.3, -0.25) is 0 Å². The van der Waals surface area contributed by atoms with E-state index in [0.29, 0.717) is 12.4 Å². The molecule has 0 N–H and O–H groups in total. The van der Waals surface area contributed by atoms with Crippen LogP contribution >= 0.6 is 11.8 Å². The van der Waals surface area contributed by atoms with E-state index in [1.165, 1.54) is 24.0 Å². The van der Waals surface area contributed by atoms with Crippen LogP contribution in [0.25, 0.3) is 0 Å². The highest BCUT2D eigenvalue weighted by Gasteiger charge is 2.11. The van der Waals surface area contributed by atoms with Gasteiger partial charge in [-0.15, -0.1) is 10.2 Å². The molecule has 2 heterocycles. The van der Waals surface area contributed by atoms with Gasteiger partial charge in [0.15, 0.2) is 0 Å². The lowest BCUT2D eigenvalue weighted by molar-refractivity contribution is 0.269. The molecule has 0 saturated heterocycles. The minimum absolute atomic E-state index is 0.399. The van der Waals surface area contributed by atoms with Crippen molar-refractivity contribution in [3.8, 4) is 5.75 Å². The highest BCUT2D eigenvalue weighted by Crippen LogP contribution is 2.26. The maximum absolute atomic E-state index is 5.87. The van der Waals surface area contributed by atoms with Crippen LogP contribution in [0, 0.1) is 0 Å². The smallest absolute Gasteiger partial charge is 0.211 e. The Kier molecular flexibility index (Phi) is 5.06. The van der Waals surface area contributed by atoms with E-state index < -0.39 is 0 Å². The van der Waals surface area contributed by atoms with Gasteiger partial charge in [-0.2, -0.15) is 9.78 Å². The van der Waals surface area contributed by atoms with Crippen molar-refractivity contribution in [2.75, 3.05) is 5.75 Å². The second-order valence-electron chi connectivity index (χ2n) is 6.01. The van der Waals surface area contributed by atoms with E-state index in [-0.39, 0.29) is 0 Å². The van der Waals surface area contributed by atoms with Crippen molar-refractivity contribution in [3.05, 3.63) is 59.3 Å².